The first-order valence-electron chi connectivity index (χ1n) is 6.33. The van der Waals surface area contributed by atoms with Crippen molar-refractivity contribution in [3.8, 4) is 0 Å². The molecule has 0 spiro atoms. The Morgan fingerprint density at radius 1 is 1.16 bits per heavy atom. The van der Waals surface area contributed by atoms with Crippen LogP contribution in [0, 0.1) is 0 Å². The summed E-state index contributed by atoms with van der Waals surface area (Å²) in [6.07, 6.45) is 1.81. The maximum atomic E-state index is 12.6. The molecule has 19 heavy (non-hydrogen) atoms. The molecule has 0 heterocycles. The fourth-order valence-electron chi connectivity index (χ4n) is 1.55. The minimum Gasteiger partial charge on any atom is -0.512 e. The van der Waals surface area contributed by atoms with Crippen LogP contribution in [0.25, 0.3) is 0 Å². The zero-order valence-corrected chi connectivity index (χ0v) is 13.1. The summed E-state index contributed by atoms with van der Waals surface area (Å²) in [7, 11) is -3.40. The van der Waals surface area contributed by atoms with E-state index in [0.29, 0.717) is 11.7 Å². The summed E-state index contributed by atoms with van der Waals surface area (Å²) in [5.41, 5.74) is 0.122. The summed E-state index contributed by atoms with van der Waals surface area (Å²) in [6.45, 7) is 8.46. The van der Waals surface area contributed by atoms with Crippen molar-refractivity contribution in [2.45, 2.75) is 41.0 Å². The first-order valence-corrected chi connectivity index (χ1v) is 7.87. The van der Waals surface area contributed by atoms with Gasteiger partial charge in [-0.05, 0) is 40.2 Å². The Labute approximate surface area is 114 Å². The molecule has 0 aliphatic heterocycles. The van der Waals surface area contributed by atoms with Crippen molar-refractivity contribution >= 4 is 13.4 Å². The number of allylic oxidation sites excluding steroid dienone is 4. The highest BCUT2D eigenvalue weighted by Crippen LogP contribution is 2.57. The molecule has 0 aromatic carbocycles. The molecule has 5 nitrogen and oxygen atoms in total. The second-order valence-corrected chi connectivity index (χ2v) is 5.96. The highest BCUT2D eigenvalue weighted by molar-refractivity contribution is 7.58. The van der Waals surface area contributed by atoms with Crippen molar-refractivity contribution in [3.63, 3.8) is 0 Å². The number of ketones is 1. The van der Waals surface area contributed by atoms with Crippen molar-refractivity contribution in [2.24, 2.45) is 0 Å². The lowest BCUT2D eigenvalue weighted by atomic mass is 10.1. The lowest BCUT2D eigenvalue weighted by molar-refractivity contribution is -0.113. The second kappa shape index (κ2) is 8.31. The van der Waals surface area contributed by atoms with Crippen LogP contribution in [-0.4, -0.2) is 24.1 Å². The molecule has 0 rings (SSSR count). The Kier molecular flexibility index (Phi) is 7.91. The molecule has 0 fully saturated rings. The highest BCUT2D eigenvalue weighted by Gasteiger charge is 2.29. The normalized spacial score (nSPS) is 14.3. The smallest absolute Gasteiger partial charge is 0.357 e. The molecule has 1 N–H and O–H groups in total. The molecule has 0 radical (unpaired) electrons. The van der Waals surface area contributed by atoms with Gasteiger partial charge in [0.05, 0.1) is 24.5 Å². The average molecular weight is 290 g/mol. The fraction of sp³-hybridized carbons (Fsp3) is 0.615. The minimum absolute atomic E-state index is 0.113. The van der Waals surface area contributed by atoms with E-state index >= 15 is 0 Å². The fourth-order valence-corrected chi connectivity index (χ4v) is 3.31. The molecule has 0 aromatic heterocycles. The monoisotopic (exact) mass is 290 g/mol. The molecule has 0 bridgehead atoms. The number of Topliss-reactive ketones (excluding diaryl/α,β-unsaturated/α-hetero) is 1. The number of carbonyl (C=O) groups is 1. The summed E-state index contributed by atoms with van der Waals surface area (Å²) in [6, 6.07) is 0. The van der Waals surface area contributed by atoms with Crippen LogP contribution in [0.15, 0.2) is 22.7 Å². The minimum atomic E-state index is -3.40. The quantitative estimate of drug-likeness (QED) is 0.317. The topological polar surface area (TPSA) is 72.8 Å². The predicted molar refractivity (Wildman–Crippen MR) is 75.2 cm³/mol. The van der Waals surface area contributed by atoms with Crippen molar-refractivity contribution in [2.75, 3.05) is 13.2 Å². The summed E-state index contributed by atoms with van der Waals surface area (Å²) in [4.78, 5) is 11.4. The predicted octanol–water partition coefficient (Wildman–Crippen LogP) is 3.97. The van der Waals surface area contributed by atoms with E-state index in [-0.39, 0.29) is 30.3 Å². The van der Waals surface area contributed by atoms with E-state index in [1.165, 1.54) is 19.9 Å². The molecule has 0 atom stereocenters. The van der Waals surface area contributed by atoms with E-state index in [9.17, 15) is 14.5 Å². The number of hydrogen-bond donors (Lipinski definition) is 1. The highest BCUT2D eigenvalue weighted by atomic mass is 31.2. The molecule has 110 valence electrons. The van der Waals surface area contributed by atoms with Crippen LogP contribution in [0.2, 0.25) is 0 Å². The summed E-state index contributed by atoms with van der Waals surface area (Å²) in [5.74, 6) is -0.413. The van der Waals surface area contributed by atoms with Crippen molar-refractivity contribution in [3.05, 3.63) is 22.7 Å². The Balaban J connectivity index is 5.67. The van der Waals surface area contributed by atoms with Gasteiger partial charge in [0.2, 0.25) is 0 Å². The summed E-state index contributed by atoms with van der Waals surface area (Å²) in [5, 5.41) is 9.88. The van der Waals surface area contributed by atoms with E-state index in [4.69, 9.17) is 9.05 Å². The molecule has 0 saturated heterocycles. The third kappa shape index (κ3) is 5.31. The maximum Gasteiger partial charge on any atom is 0.357 e. The Hall–Kier alpha value is -0.900. The van der Waals surface area contributed by atoms with E-state index in [1.54, 1.807) is 20.8 Å². The molecule has 0 aromatic rings. The zero-order chi connectivity index (χ0) is 15.1. The first kappa shape index (κ1) is 18.1. The van der Waals surface area contributed by atoms with Gasteiger partial charge in [0, 0.05) is 5.31 Å². The Bertz CT molecular complexity index is 409. The van der Waals surface area contributed by atoms with Crippen LogP contribution in [0.3, 0.4) is 0 Å². The largest absolute Gasteiger partial charge is 0.512 e. The van der Waals surface area contributed by atoms with Crippen LogP contribution in [0.1, 0.15) is 41.0 Å². The molecule has 0 saturated carbocycles. The van der Waals surface area contributed by atoms with Crippen LogP contribution in [0.4, 0.5) is 0 Å². The average Bonchev–Trinajstić information content (AvgIpc) is 2.29. The number of hydrogen-bond acceptors (Lipinski definition) is 5. The van der Waals surface area contributed by atoms with E-state index in [1.807, 2.05) is 0 Å². The molecular formula is C13H23O5P. The first-order chi connectivity index (χ1) is 8.82. The molecule has 6 heteroatoms. The van der Waals surface area contributed by atoms with Gasteiger partial charge in [-0.25, -0.2) is 0 Å². The zero-order valence-electron chi connectivity index (χ0n) is 12.2. The molecular weight excluding hydrogens is 267 g/mol. The van der Waals surface area contributed by atoms with Crippen LogP contribution >= 0.6 is 7.60 Å². The number of aliphatic hydroxyl groups is 1. The molecule has 0 aliphatic carbocycles. The van der Waals surface area contributed by atoms with Crippen LogP contribution in [-0.2, 0) is 18.4 Å². The maximum absolute atomic E-state index is 12.6. The van der Waals surface area contributed by atoms with Gasteiger partial charge in [-0.2, -0.15) is 0 Å². The summed E-state index contributed by atoms with van der Waals surface area (Å²) < 4.78 is 23.1. The van der Waals surface area contributed by atoms with Gasteiger partial charge in [0.1, 0.15) is 0 Å². The standard InChI is InChI=1S/C13H23O5P/c1-6-12(9-13(10(4)14)11(5)15)19(16,17-7-2)18-8-3/h9,14H,6-8H2,1-5H3/b12-9+,13-10-. The molecule has 0 unspecified atom stereocenters. The van der Waals surface area contributed by atoms with Crippen molar-refractivity contribution in [1.29, 1.82) is 0 Å². The molecule has 0 amide bonds. The van der Waals surface area contributed by atoms with Gasteiger partial charge in [-0.1, -0.05) is 6.92 Å². The molecule has 0 aliphatic rings. The van der Waals surface area contributed by atoms with Gasteiger partial charge in [-0.15, -0.1) is 0 Å². The number of aliphatic hydroxyl groups excluding tert-OH is 1. The van der Waals surface area contributed by atoms with Gasteiger partial charge in [0.15, 0.2) is 5.78 Å². The van der Waals surface area contributed by atoms with Crippen LogP contribution in [0.5, 0.6) is 0 Å². The van der Waals surface area contributed by atoms with Crippen molar-refractivity contribution in [1.82, 2.24) is 0 Å². The van der Waals surface area contributed by atoms with E-state index in [2.05, 4.69) is 0 Å². The number of carbonyl (C=O) groups excluding carboxylic acids is 1. The summed E-state index contributed by atoms with van der Waals surface area (Å²) >= 11 is 0. The van der Waals surface area contributed by atoms with Gasteiger partial charge >= 0.3 is 7.60 Å². The van der Waals surface area contributed by atoms with E-state index in [0.717, 1.165) is 0 Å². The van der Waals surface area contributed by atoms with Crippen LogP contribution < -0.4 is 0 Å². The van der Waals surface area contributed by atoms with E-state index < -0.39 is 7.60 Å². The Morgan fingerprint density at radius 2 is 1.63 bits per heavy atom. The number of rotatable bonds is 8. The third-order valence-electron chi connectivity index (χ3n) is 2.39. The Morgan fingerprint density at radius 3 is 1.89 bits per heavy atom. The third-order valence-corrected chi connectivity index (χ3v) is 4.74. The van der Waals surface area contributed by atoms with Gasteiger partial charge < -0.3 is 14.2 Å². The lowest BCUT2D eigenvalue weighted by Gasteiger charge is -2.19. The lowest BCUT2D eigenvalue weighted by Crippen LogP contribution is -2.02. The van der Waals surface area contributed by atoms with Gasteiger partial charge in [-0.3, -0.25) is 9.36 Å². The SMILES string of the molecule is CCOP(=O)(OCC)/C(=C/C(C(C)=O)=C(\C)O)CC. The second-order valence-electron chi connectivity index (χ2n) is 3.88. The van der Waals surface area contributed by atoms with Gasteiger partial charge in [0.25, 0.3) is 0 Å². The van der Waals surface area contributed by atoms with Crippen molar-refractivity contribution < 1.29 is 23.5 Å².